The van der Waals surface area contributed by atoms with Crippen molar-refractivity contribution in [2.24, 2.45) is 0 Å². The van der Waals surface area contributed by atoms with Crippen molar-refractivity contribution in [3.05, 3.63) is 74.8 Å². The number of carbonyl (C=O) groups is 1. The summed E-state index contributed by atoms with van der Waals surface area (Å²) in [5.74, 6) is -0.260. The van der Waals surface area contributed by atoms with Gasteiger partial charge in [0.25, 0.3) is 5.69 Å². The highest BCUT2D eigenvalue weighted by molar-refractivity contribution is 7.13. The Balaban J connectivity index is 1.69. The number of aryl methyl sites for hydroxylation is 2. The molecule has 1 aromatic heterocycles. The van der Waals surface area contributed by atoms with Crippen LogP contribution in [0.15, 0.2) is 47.8 Å². The van der Waals surface area contributed by atoms with Crippen LogP contribution >= 0.6 is 11.3 Å². The van der Waals surface area contributed by atoms with E-state index in [4.69, 9.17) is 0 Å². The average molecular weight is 367 g/mol. The minimum atomic E-state index is -0.459. The third-order valence-corrected chi connectivity index (χ3v) is 4.79. The Hall–Kier alpha value is -3.06. The molecule has 132 valence electrons. The lowest BCUT2D eigenvalue weighted by Crippen LogP contribution is -2.14. The van der Waals surface area contributed by atoms with Gasteiger partial charge in [-0.1, -0.05) is 29.8 Å². The second kappa shape index (κ2) is 7.45. The van der Waals surface area contributed by atoms with Gasteiger partial charge >= 0.3 is 0 Å². The molecule has 3 rings (SSSR count). The first-order valence-electron chi connectivity index (χ1n) is 7.99. The van der Waals surface area contributed by atoms with Crippen molar-refractivity contribution in [2.45, 2.75) is 20.3 Å². The molecule has 1 amide bonds. The molecule has 2 aromatic carbocycles. The van der Waals surface area contributed by atoms with Crippen molar-refractivity contribution in [2.75, 3.05) is 5.32 Å². The van der Waals surface area contributed by atoms with Crippen molar-refractivity contribution in [1.82, 2.24) is 4.98 Å². The monoisotopic (exact) mass is 367 g/mol. The van der Waals surface area contributed by atoms with E-state index >= 15 is 0 Å². The smallest absolute Gasteiger partial charge is 0.274 e. The molecular formula is C19H17N3O3S. The van der Waals surface area contributed by atoms with Crippen LogP contribution in [-0.2, 0) is 11.2 Å². The zero-order valence-corrected chi connectivity index (χ0v) is 15.2. The van der Waals surface area contributed by atoms with E-state index in [9.17, 15) is 14.9 Å². The summed E-state index contributed by atoms with van der Waals surface area (Å²) in [4.78, 5) is 27.3. The first-order valence-corrected chi connectivity index (χ1v) is 8.86. The van der Waals surface area contributed by atoms with Crippen LogP contribution < -0.4 is 5.32 Å². The van der Waals surface area contributed by atoms with Gasteiger partial charge in [0.2, 0.25) is 5.91 Å². The number of amides is 1. The molecule has 26 heavy (non-hydrogen) atoms. The van der Waals surface area contributed by atoms with Gasteiger partial charge in [0.05, 0.1) is 17.0 Å². The van der Waals surface area contributed by atoms with E-state index in [0.29, 0.717) is 16.9 Å². The molecule has 3 aromatic rings. The number of nitrogens with zero attached hydrogens (tertiary/aromatic N) is 2. The van der Waals surface area contributed by atoms with Gasteiger partial charge < -0.3 is 5.32 Å². The third-order valence-electron chi connectivity index (χ3n) is 3.85. The largest absolute Gasteiger partial charge is 0.325 e. The lowest BCUT2D eigenvalue weighted by molar-refractivity contribution is -0.385. The fraction of sp³-hybridized carbons (Fsp3) is 0.158. The van der Waals surface area contributed by atoms with Crippen LogP contribution in [0.2, 0.25) is 0 Å². The van der Waals surface area contributed by atoms with Gasteiger partial charge in [0.15, 0.2) is 0 Å². The highest BCUT2D eigenvalue weighted by atomic mass is 32.1. The fourth-order valence-corrected chi connectivity index (χ4v) is 3.37. The van der Waals surface area contributed by atoms with E-state index in [1.807, 2.05) is 36.6 Å². The molecule has 0 saturated heterocycles. The average Bonchev–Trinajstić information content (AvgIpc) is 3.04. The number of carbonyl (C=O) groups excluding carboxylic acids is 1. The normalized spacial score (nSPS) is 10.5. The molecule has 0 fully saturated rings. The van der Waals surface area contributed by atoms with Crippen LogP contribution in [0.3, 0.4) is 0 Å². The van der Waals surface area contributed by atoms with Crippen molar-refractivity contribution >= 4 is 28.6 Å². The Bertz CT molecular complexity index is 982. The van der Waals surface area contributed by atoms with Crippen LogP contribution in [0.5, 0.6) is 0 Å². The van der Waals surface area contributed by atoms with E-state index in [1.54, 1.807) is 19.1 Å². The number of thiazole rings is 1. The Morgan fingerprint density at radius 3 is 2.77 bits per heavy atom. The molecule has 0 atom stereocenters. The summed E-state index contributed by atoms with van der Waals surface area (Å²) in [6, 6.07) is 12.7. The van der Waals surface area contributed by atoms with Crippen LogP contribution in [0, 0.1) is 24.0 Å². The SMILES string of the molecule is Cc1cccc(-c2nc(CC(=O)Nc3ccc(C)c([N+](=O)[O-])c3)cs2)c1. The molecule has 0 aliphatic carbocycles. The number of nitrogens with one attached hydrogen (secondary N) is 1. The maximum absolute atomic E-state index is 12.2. The lowest BCUT2D eigenvalue weighted by atomic mass is 10.1. The van der Waals surface area contributed by atoms with Gasteiger partial charge in [-0.15, -0.1) is 11.3 Å². The Kier molecular flexibility index (Phi) is 5.09. The first-order chi connectivity index (χ1) is 12.4. The van der Waals surface area contributed by atoms with Gasteiger partial charge in [0, 0.05) is 28.3 Å². The molecular weight excluding hydrogens is 350 g/mol. The fourth-order valence-electron chi connectivity index (χ4n) is 2.55. The van der Waals surface area contributed by atoms with Gasteiger partial charge in [-0.05, 0) is 26.0 Å². The third kappa shape index (κ3) is 4.12. The molecule has 1 N–H and O–H groups in total. The summed E-state index contributed by atoms with van der Waals surface area (Å²) >= 11 is 1.49. The molecule has 0 aliphatic heterocycles. The second-order valence-electron chi connectivity index (χ2n) is 6.00. The minimum absolute atomic E-state index is 0.0156. The zero-order valence-electron chi connectivity index (χ0n) is 14.4. The number of anilines is 1. The van der Waals surface area contributed by atoms with E-state index < -0.39 is 4.92 Å². The number of nitro groups is 1. The molecule has 0 spiro atoms. The summed E-state index contributed by atoms with van der Waals surface area (Å²) < 4.78 is 0. The van der Waals surface area contributed by atoms with Gasteiger partial charge in [-0.2, -0.15) is 0 Å². The quantitative estimate of drug-likeness (QED) is 0.531. The van der Waals surface area contributed by atoms with Crippen molar-refractivity contribution in [3.63, 3.8) is 0 Å². The van der Waals surface area contributed by atoms with Crippen molar-refractivity contribution in [3.8, 4) is 10.6 Å². The number of nitro benzene ring substituents is 1. The summed E-state index contributed by atoms with van der Waals surface area (Å²) in [5, 5.41) is 16.4. The number of benzene rings is 2. The van der Waals surface area contributed by atoms with Gasteiger partial charge in [0.1, 0.15) is 5.01 Å². The molecule has 0 bridgehead atoms. The first kappa shape index (κ1) is 17.8. The maximum atomic E-state index is 12.2. The minimum Gasteiger partial charge on any atom is -0.325 e. The summed E-state index contributed by atoms with van der Waals surface area (Å²) in [6.07, 6.45) is 0.115. The Morgan fingerprint density at radius 2 is 2.04 bits per heavy atom. The number of rotatable bonds is 5. The molecule has 0 aliphatic rings. The highest BCUT2D eigenvalue weighted by Crippen LogP contribution is 2.25. The Morgan fingerprint density at radius 1 is 1.23 bits per heavy atom. The van der Waals surface area contributed by atoms with Crippen LogP contribution in [0.1, 0.15) is 16.8 Å². The van der Waals surface area contributed by atoms with Gasteiger partial charge in [-0.3, -0.25) is 14.9 Å². The molecule has 0 unspecified atom stereocenters. The number of hydrogen-bond donors (Lipinski definition) is 1. The van der Waals surface area contributed by atoms with E-state index in [2.05, 4.69) is 10.3 Å². The van der Waals surface area contributed by atoms with Crippen LogP contribution in [-0.4, -0.2) is 15.8 Å². The van der Waals surface area contributed by atoms with Crippen molar-refractivity contribution in [1.29, 1.82) is 0 Å². The van der Waals surface area contributed by atoms with Crippen LogP contribution in [0.25, 0.3) is 10.6 Å². The van der Waals surface area contributed by atoms with E-state index in [1.165, 1.54) is 17.4 Å². The second-order valence-corrected chi connectivity index (χ2v) is 6.85. The topological polar surface area (TPSA) is 85.1 Å². The summed E-state index contributed by atoms with van der Waals surface area (Å²) in [5.41, 5.74) is 3.79. The van der Waals surface area contributed by atoms with E-state index in [-0.39, 0.29) is 18.0 Å². The maximum Gasteiger partial charge on any atom is 0.274 e. The number of hydrogen-bond acceptors (Lipinski definition) is 5. The molecule has 0 saturated carbocycles. The molecule has 0 radical (unpaired) electrons. The van der Waals surface area contributed by atoms with Crippen molar-refractivity contribution < 1.29 is 9.72 Å². The van der Waals surface area contributed by atoms with Gasteiger partial charge in [-0.25, -0.2) is 4.98 Å². The number of aromatic nitrogens is 1. The molecule has 1 heterocycles. The Labute approximate surface area is 154 Å². The zero-order chi connectivity index (χ0) is 18.7. The van der Waals surface area contributed by atoms with E-state index in [0.717, 1.165) is 16.1 Å². The predicted octanol–water partition coefficient (Wildman–Crippen LogP) is 4.52. The standard InChI is InChI=1S/C19H17N3O3S/c1-12-4-3-5-14(8-12)19-21-16(11-26-19)10-18(23)20-15-7-6-13(2)17(9-15)22(24)25/h3-9,11H,10H2,1-2H3,(H,20,23). The van der Waals surface area contributed by atoms with Crippen LogP contribution in [0.4, 0.5) is 11.4 Å². The predicted molar refractivity (Wildman–Crippen MR) is 102 cm³/mol. The summed E-state index contributed by atoms with van der Waals surface area (Å²) in [6.45, 7) is 3.68. The molecule has 6 nitrogen and oxygen atoms in total. The molecule has 7 heteroatoms. The lowest BCUT2D eigenvalue weighted by Gasteiger charge is -2.05. The summed E-state index contributed by atoms with van der Waals surface area (Å²) in [7, 11) is 0. The highest BCUT2D eigenvalue weighted by Gasteiger charge is 2.14.